The van der Waals surface area contributed by atoms with Crippen LogP contribution in [0.3, 0.4) is 0 Å². The highest BCUT2D eigenvalue weighted by atomic mass is 35.5. The van der Waals surface area contributed by atoms with Gasteiger partial charge in [-0.05, 0) is 57.2 Å². The molecule has 1 aliphatic rings. The number of anilines is 2. The Hall–Kier alpha value is -2.39. The van der Waals surface area contributed by atoms with Gasteiger partial charge < -0.3 is 15.1 Å². The third-order valence-electron chi connectivity index (χ3n) is 4.99. The van der Waals surface area contributed by atoms with E-state index in [2.05, 4.69) is 27.2 Å². The molecule has 1 aliphatic heterocycles. The van der Waals surface area contributed by atoms with E-state index < -0.39 is 16.9 Å². The number of likely N-dealkylation sites (tertiary alicyclic amines) is 1. The van der Waals surface area contributed by atoms with Crippen LogP contribution in [-0.2, 0) is 6.18 Å². The minimum atomic E-state index is -4.61. The van der Waals surface area contributed by atoms with Crippen LogP contribution in [0.15, 0.2) is 30.5 Å². The summed E-state index contributed by atoms with van der Waals surface area (Å²) in [7, 11) is 3.87. The lowest BCUT2D eigenvalue weighted by atomic mass is 10.0. The number of carbonyl (C=O) groups is 1. The summed E-state index contributed by atoms with van der Waals surface area (Å²) in [6.07, 6.45) is -2.11. The van der Waals surface area contributed by atoms with Crippen LogP contribution in [-0.4, -0.2) is 58.9 Å². The van der Waals surface area contributed by atoms with Crippen molar-refractivity contribution < 1.29 is 18.0 Å². The summed E-state index contributed by atoms with van der Waals surface area (Å²) in [6.45, 7) is 1.92. The molecular weight excluding hydrogens is 407 g/mol. The van der Waals surface area contributed by atoms with Gasteiger partial charge in [0.15, 0.2) is 0 Å². The van der Waals surface area contributed by atoms with E-state index in [4.69, 9.17) is 11.6 Å². The quantitative estimate of drug-likeness (QED) is 0.746. The lowest BCUT2D eigenvalue weighted by Crippen LogP contribution is -2.44. The third kappa shape index (κ3) is 5.16. The smallest absolute Gasteiger partial charge is 0.339 e. The van der Waals surface area contributed by atoms with E-state index in [-0.39, 0.29) is 17.9 Å². The molecule has 29 heavy (non-hydrogen) atoms. The molecule has 6 nitrogen and oxygen atoms in total. The number of piperidine rings is 1. The molecule has 3 rings (SSSR count). The number of nitrogens with one attached hydrogen (secondary N) is 1. The first-order valence-corrected chi connectivity index (χ1v) is 9.45. The number of alkyl halides is 3. The molecule has 0 aliphatic carbocycles. The molecular formula is C19H21ClF3N5O. The van der Waals surface area contributed by atoms with Crippen LogP contribution >= 0.6 is 11.6 Å². The van der Waals surface area contributed by atoms with Crippen molar-refractivity contribution in [1.29, 1.82) is 0 Å². The Morgan fingerprint density at radius 2 is 1.86 bits per heavy atom. The standard InChI is InChI=1S/C19H21ClF3N5O/c1-27-9-7-14(8-10-27)28(2)17(29)12-3-5-13(6-4-12)25-18-24-11-15(16(20)26-18)19(21,22)23/h3-6,11,14H,7-10H2,1-2H3,(H,24,25,26). The lowest BCUT2D eigenvalue weighted by molar-refractivity contribution is -0.137. The molecule has 0 atom stereocenters. The van der Waals surface area contributed by atoms with E-state index in [1.54, 1.807) is 29.2 Å². The normalized spacial score (nSPS) is 15.9. The number of nitrogens with zero attached hydrogens (tertiary/aromatic N) is 4. The number of hydrogen-bond acceptors (Lipinski definition) is 5. The predicted molar refractivity (Wildman–Crippen MR) is 104 cm³/mol. The van der Waals surface area contributed by atoms with E-state index in [1.165, 1.54) is 0 Å². The minimum absolute atomic E-state index is 0.0643. The van der Waals surface area contributed by atoms with Crippen molar-refractivity contribution in [2.45, 2.75) is 25.1 Å². The van der Waals surface area contributed by atoms with Crippen molar-refractivity contribution in [1.82, 2.24) is 19.8 Å². The topological polar surface area (TPSA) is 61.4 Å². The van der Waals surface area contributed by atoms with Crippen molar-refractivity contribution in [3.63, 3.8) is 0 Å². The molecule has 156 valence electrons. The van der Waals surface area contributed by atoms with Gasteiger partial charge in [0.2, 0.25) is 5.95 Å². The van der Waals surface area contributed by atoms with Gasteiger partial charge in [-0.25, -0.2) is 9.97 Å². The number of amides is 1. The van der Waals surface area contributed by atoms with E-state index >= 15 is 0 Å². The Morgan fingerprint density at radius 1 is 1.24 bits per heavy atom. The Bertz CT molecular complexity index is 867. The molecule has 2 aromatic rings. The van der Waals surface area contributed by atoms with Gasteiger partial charge in [-0.1, -0.05) is 11.6 Å². The third-order valence-corrected chi connectivity index (χ3v) is 5.28. The molecule has 0 radical (unpaired) electrons. The Balaban J connectivity index is 1.65. The van der Waals surface area contributed by atoms with Gasteiger partial charge in [-0.15, -0.1) is 0 Å². The maximum Gasteiger partial charge on any atom is 0.420 e. The molecule has 10 heteroatoms. The van der Waals surface area contributed by atoms with Gasteiger partial charge in [0, 0.05) is 30.5 Å². The predicted octanol–water partition coefficient (Wildman–Crippen LogP) is 4.06. The Kier molecular flexibility index (Phi) is 6.28. The molecule has 1 aromatic carbocycles. The maximum atomic E-state index is 12.7. The molecule has 1 N–H and O–H groups in total. The summed E-state index contributed by atoms with van der Waals surface area (Å²) < 4.78 is 38.2. The Labute approximate surface area is 171 Å². The fraction of sp³-hybridized carbons (Fsp3) is 0.421. The lowest BCUT2D eigenvalue weighted by Gasteiger charge is -2.35. The van der Waals surface area contributed by atoms with Crippen molar-refractivity contribution in [2.75, 3.05) is 32.5 Å². The molecule has 1 fully saturated rings. The molecule has 1 saturated heterocycles. The van der Waals surface area contributed by atoms with E-state index in [0.717, 1.165) is 25.9 Å². The molecule has 0 unspecified atom stereocenters. The molecule has 0 spiro atoms. The molecule has 0 saturated carbocycles. The van der Waals surface area contributed by atoms with Crippen LogP contribution in [0.1, 0.15) is 28.8 Å². The summed E-state index contributed by atoms with van der Waals surface area (Å²) in [5, 5.41) is 2.10. The maximum absolute atomic E-state index is 12.7. The number of halogens is 4. The second-order valence-electron chi connectivity index (χ2n) is 7.05. The summed E-state index contributed by atoms with van der Waals surface area (Å²) in [6, 6.07) is 6.80. The highest BCUT2D eigenvalue weighted by molar-refractivity contribution is 6.30. The zero-order valence-electron chi connectivity index (χ0n) is 16.0. The second-order valence-corrected chi connectivity index (χ2v) is 7.41. The molecule has 1 aromatic heterocycles. The van der Waals surface area contributed by atoms with Crippen LogP contribution in [0.25, 0.3) is 0 Å². The second kappa shape index (κ2) is 8.54. The van der Waals surface area contributed by atoms with Crippen LogP contribution in [0, 0.1) is 0 Å². The van der Waals surface area contributed by atoms with Crippen LogP contribution < -0.4 is 5.32 Å². The fourth-order valence-corrected chi connectivity index (χ4v) is 3.42. The van der Waals surface area contributed by atoms with Crippen molar-refractivity contribution in [3.05, 3.63) is 46.7 Å². The molecule has 0 bridgehead atoms. The van der Waals surface area contributed by atoms with Gasteiger partial charge in [-0.3, -0.25) is 4.79 Å². The first kappa shape index (κ1) is 21.3. The summed E-state index contributed by atoms with van der Waals surface area (Å²) in [4.78, 5) is 24.0. The van der Waals surface area contributed by atoms with Crippen molar-refractivity contribution >= 4 is 29.1 Å². The number of aromatic nitrogens is 2. The largest absolute Gasteiger partial charge is 0.420 e. The first-order valence-electron chi connectivity index (χ1n) is 9.07. The van der Waals surface area contributed by atoms with E-state index in [0.29, 0.717) is 17.4 Å². The van der Waals surface area contributed by atoms with Crippen LogP contribution in [0.5, 0.6) is 0 Å². The summed E-state index contributed by atoms with van der Waals surface area (Å²) in [5.74, 6) is -0.134. The number of benzene rings is 1. The van der Waals surface area contributed by atoms with E-state index in [1.807, 2.05) is 7.05 Å². The highest BCUT2D eigenvalue weighted by Gasteiger charge is 2.34. The van der Waals surface area contributed by atoms with Gasteiger partial charge >= 0.3 is 6.18 Å². The monoisotopic (exact) mass is 427 g/mol. The summed E-state index contributed by atoms with van der Waals surface area (Å²) >= 11 is 5.60. The Morgan fingerprint density at radius 3 is 2.41 bits per heavy atom. The van der Waals surface area contributed by atoms with Gasteiger partial charge in [0.1, 0.15) is 10.7 Å². The number of hydrogen-bond donors (Lipinski definition) is 1. The van der Waals surface area contributed by atoms with Gasteiger partial charge in [0.25, 0.3) is 5.91 Å². The average Bonchev–Trinajstić information content (AvgIpc) is 2.67. The zero-order valence-corrected chi connectivity index (χ0v) is 16.8. The van der Waals surface area contributed by atoms with Crippen LogP contribution in [0.4, 0.5) is 24.8 Å². The van der Waals surface area contributed by atoms with Crippen molar-refractivity contribution in [3.8, 4) is 0 Å². The van der Waals surface area contributed by atoms with E-state index in [9.17, 15) is 18.0 Å². The molecule has 2 heterocycles. The van der Waals surface area contributed by atoms with Crippen LogP contribution in [0.2, 0.25) is 5.15 Å². The average molecular weight is 428 g/mol. The van der Waals surface area contributed by atoms with Crippen molar-refractivity contribution in [2.24, 2.45) is 0 Å². The first-order chi connectivity index (χ1) is 13.6. The zero-order chi connectivity index (χ0) is 21.2. The fourth-order valence-electron chi connectivity index (χ4n) is 3.19. The van der Waals surface area contributed by atoms with Gasteiger partial charge in [-0.2, -0.15) is 13.2 Å². The molecule has 1 amide bonds. The minimum Gasteiger partial charge on any atom is -0.339 e. The van der Waals surface area contributed by atoms with Gasteiger partial charge in [0.05, 0.1) is 0 Å². The number of carbonyl (C=O) groups excluding carboxylic acids is 1. The summed E-state index contributed by atoms with van der Waals surface area (Å²) in [5.41, 5.74) is -0.0368. The SMILES string of the molecule is CN1CCC(N(C)C(=O)c2ccc(Nc3ncc(C(F)(F)F)c(Cl)n3)cc2)CC1. The number of rotatable bonds is 4. The highest BCUT2D eigenvalue weighted by Crippen LogP contribution is 2.33.